The van der Waals surface area contributed by atoms with Crippen molar-refractivity contribution in [1.82, 2.24) is 9.97 Å². The van der Waals surface area contributed by atoms with Crippen LogP contribution < -0.4 is 15.4 Å². The monoisotopic (exact) mass is 498 g/mol. The molecule has 4 aromatic rings. The van der Waals surface area contributed by atoms with E-state index < -0.39 is 0 Å². The summed E-state index contributed by atoms with van der Waals surface area (Å²) in [6, 6.07) is 14.2. The van der Waals surface area contributed by atoms with E-state index >= 15 is 0 Å². The molecule has 0 unspecified atom stereocenters. The Balaban J connectivity index is 1.41. The second-order valence-electron chi connectivity index (χ2n) is 6.98. The van der Waals surface area contributed by atoms with Crippen LogP contribution in [0.3, 0.4) is 0 Å². The van der Waals surface area contributed by atoms with E-state index in [1.807, 2.05) is 36.6 Å². The van der Waals surface area contributed by atoms with Crippen molar-refractivity contribution < 1.29 is 14.3 Å². The number of halogens is 1. The number of ether oxygens (including phenoxy) is 1. The van der Waals surface area contributed by atoms with Crippen LogP contribution in [-0.4, -0.2) is 28.9 Å². The van der Waals surface area contributed by atoms with Crippen LogP contribution in [0.5, 0.6) is 5.75 Å². The second kappa shape index (κ2) is 10.1. The van der Waals surface area contributed by atoms with Crippen molar-refractivity contribution in [1.29, 1.82) is 0 Å². The normalized spacial score (nSPS) is 10.6. The summed E-state index contributed by atoms with van der Waals surface area (Å²) in [5.41, 5.74) is 2.68. The van der Waals surface area contributed by atoms with Gasteiger partial charge in [0.1, 0.15) is 5.75 Å². The highest BCUT2D eigenvalue weighted by Gasteiger charge is 2.17. The van der Waals surface area contributed by atoms with Gasteiger partial charge in [0.25, 0.3) is 5.91 Å². The van der Waals surface area contributed by atoms with Crippen molar-refractivity contribution in [3.8, 4) is 16.3 Å². The number of methoxy groups -OCH3 is 1. The number of nitrogens with zero attached hydrogens (tertiary/aromatic N) is 2. The van der Waals surface area contributed by atoms with Gasteiger partial charge in [0, 0.05) is 5.38 Å². The van der Waals surface area contributed by atoms with Crippen molar-refractivity contribution in [2.45, 2.75) is 13.3 Å². The lowest BCUT2D eigenvalue weighted by molar-refractivity contribution is -0.115. The first-order chi connectivity index (χ1) is 15.9. The van der Waals surface area contributed by atoms with Gasteiger partial charge in [-0.3, -0.25) is 14.9 Å². The van der Waals surface area contributed by atoms with Gasteiger partial charge in [0.15, 0.2) is 10.3 Å². The Morgan fingerprint density at radius 3 is 2.52 bits per heavy atom. The topological polar surface area (TPSA) is 93.2 Å². The number of hydrogen-bond acceptors (Lipinski definition) is 7. The van der Waals surface area contributed by atoms with Gasteiger partial charge in [-0.1, -0.05) is 47.2 Å². The number of rotatable bonds is 7. The first-order valence-electron chi connectivity index (χ1n) is 9.85. The van der Waals surface area contributed by atoms with E-state index in [1.54, 1.807) is 31.4 Å². The number of carbonyl (C=O) groups excluding carboxylic acids is 2. The molecule has 4 rings (SSSR count). The number of amides is 2. The SMILES string of the molecule is COc1ccc(CC(=O)Nc2nc(-c3sc(NC(=O)c4ccccc4Cl)nc3C)cs2)cc1. The Labute approximate surface area is 203 Å². The van der Waals surface area contributed by atoms with Crippen LogP contribution >= 0.6 is 34.3 Å². The Hall–Kier alpha value is -3.27. The summed E-state index contributed by atoms with van der Waals surface area (Å²) in [5.74, 6) is 0.256. The molecule has 0 bridgehead atoms. The molecule has 2 aromatic carbocycles. The number of anilines is 2. The minimum absolute atomic E-state index is 0.158. The second-order valence-corrected chi connectivity index (χ2v) is 9.24. The summed E-state index contributed by atoms with van der Waals surface area (Å²) >= 11 is 8.74. The molecule has 2 aromatic heterocycles. The van der Waals surface area contributed by atoms with Gasteiger partial charge in [0.05, 0.1) is 40.4 Å². The Morgan fingerprint density at radius 2 is 1.79 bits per heavy atom. The lowest BCUT2D eigenvalue weighted by Gasteiger charge is -2.03. The zero-order valence-electron chi connectivity index (χ0n) is 17.7. The van der Waals surface area contributed by atoms with Crippen LogP contribution in [0.2, 0.25) is 5.02 Å². The van der Waals surface area contributed by atoms with Gasteiger partial charge in [-0.2, -0.15) is 0 Å². The van der Waals surface area contributed by atoms with Crippen LogP contribution in [-0.2, 0) is 11.2 Å². The molecule has 2 N–H and O–H groups in total. The maximum Gasteiger partial charge on any atom is 0.258 e. The largest absolute Gasteiger partial charge is 0.497 e. The van der Waals surface area contributed by atoms with Gasteiger partial charge in [-0.25, -0.2) is 9.97 Å². The maximum absolute atomic E-state index is 12.5. The van der Waals surface area contributed by atoms with Crippen molar-refractivity contribution in [2.24, 2.45) is 0 Å². The molecule has 2 amide bonds. The summed E-state index contributed by atoms with van der Waals surface area (Å²) in [4.78, 5) is 34.7. The highest BCUT2D eigenvalue weighted by atomic mass is 35.5. The smallest absolute Gasteiger partial charge is 0.258 e. The number of hydrogen-bond donors (Lipinski definition) is 2. The van der Waals surface area contributed by atoms with E-state index in [2.05, 4.69) is 20.6 Å². The van der Waals surface area contributed by atoms with E-state index in [0.29, 0.717) is 26.5 Å². The van der Waals surface area contributed by atoms with Gasteiger partial charge in [-0.15, -0.1) is 11.3 Å². The molecule has 0 atom stereocenters. The average Bonchev–Trinajstić information content (AvgIpc) is 3.40. The van der Waals surface area contributed by atoms with E-state index in [1.165, 1.54) is 22.7 Å². The predicted molar refractivity (Wildman–Crippen MR) is 133 cm³/mol. The maximum atomic E-state index is 12.5. The van der Waals surface area contributed by atoms with Crippen LogP contribution in [0, 0.1) is 6.92 Å². The van der Waals surface area contributed by atoms with Crippen LogP contribution in [0.15, 0.2) is 53.9 Å². The standard InChI is InChI=1S/C23H19ClN4O3S2/c1-13-20(33-23(25-13)28-21(30)16-5-3-4-6-17(16)24)18-12-32-22(26-18)27-19(29)11-14-7-9-15(31-2)10-8-14/h3-10,12H,11H2,1-2H3,(H,25,28,30)(H,26,27,29). The molecule has 2 heterocycles. The summed E-state index contributed by atoms with van der Waals surface area (Å²) in [5, 5.41) is 8.79. The molecule has 0 aliphatic heterocycles. The molecule has 0 saturated heterocycles. The zero-order valence-corrected chi connectivity index (χ0v) is 20.1. The molecule has 0 fully saturated rings. The molecular formula is C23H19ClN4O3S2. The molecule has 0 radical (unpaired) electrons. The van der Waals surface area contributed by atoms with Crippen molar-refractivity contribution in [2.75, 3.05) is 17.7 Å². The highest BCUT2D eigenvalue weighted by Crippen LogP contribution is 2.35. The molecule has 0 saturated carbocycles. The minimum atomic E-state index is -0.328. The molecule has 168 valence electrons. The Kier molecular flexibility index (Phi) is 7.02. The summed E-state index contributed by atoms with van der Waals surface area (Å²) in [6.07, 6.45) is 0.233. The van der Waals surface area contributed by atoms with Crippen molar-refractivity contribution >= 4 is 56.4 Å². The molecule has 0 aliphatic rings. The Morgan fingerprint density at radius 1 is 1.03 bits per heavy atom. The molecule has 7 nitrogen and oxygen atoms in total. The molecule has 10 heteroatoms. The number of carbonyl (C=O) groups is 2. The van der Waals surface area contributed by atoms with Crippen molar-refractivity contribution in [3.63, 3.8) is 0 Å². The van der Waals surface area contributed by atoms with E-state index in [-0.39, 0.29) is 18.2 Å². The molecule has 33 heavy (non-hydrogen) atoms. The molecule has 0 aliphatic carbocycles. The van der Waals surface area contributed by atoms with Crippen LogP contribution in [0.4, 0.5) is 10.3 Å². The van der Waals surface area contributed by atoms with Gasteiger partial charge < -0.3 is 10.1 Å². The third-order valence-electron chi connectivity index (χ3n) is 4.64. The first kappa shape index (κ1) is 22.9. The number of thiazole rings is 2. The molecule has 0 spiro atoms. The fourth-order valence-corrected chi connectivity index (χ4v) is 4.96. The number of nitrogens with one attached hydrogen (secondary N) is 2. The predicted octanol–water partition coefficient (Wildman–Crippen LogP) is 5.67. The number of aryl methyl sites for hydroxylation is 1. The summed E-state index contributed by atoms with van der Waals surface area (Å²) < 4.78 is 5.13. The summed E-state index contributed by atoms with van der Waals surface area (Å²) in [7, 11) is 1.60. The minimum Gasteiger partial charge on any atom is -0.497 e. The van der Waals surface area contributed by atoms with E-state index in [0.717, 1.165) is 21.9 Å². The lowest BCUT2D eigenvalue weighted by Crippen LogP contribution is -2.14. The van der Waals surface area contributed by atoms with Gasteiger partial charge in [0.2, 0.25) is 5.91 Å². The number of aromatic nitrogens is 2. The van der Waals surface area contributed by atoms with Gasteiger partial charge in [-0.05, 0) is 36.8 Å². The van der Waals surface area contributed by atoms with E-state index in [4.69, 9.17) is 16.3 Å². The third-order valence-corrected chi connectivity index (χ3v) is 6.83. The quantitative estimate of drug-likeness (QED) is 0.342. The fraction of sp³-hybridized carbons (Fsp3) is 0.130. The summed E-state index contributed by atoms with van der Waals surface area (Å²) in [6.45, 7) is 1.85. The average molecular weight is 499 g/mol. The van der Waals surface area contributed by atoms with E-state index in [9.17, 15) is 9.59 Å². The Bertz CT molecular complexity index is 1300. The zero-order chi connectivity index (χ0) is 23.4. The number of benzene rings is 2. The first-order valence-corrected chi connectivity index (χ1v) is 11.9. The lowest BCUT2D eigenvalue weighted by atomic mass is 10.1. The van der Waals surface area contributed by atoms with Gasteiger partial charge >= 0.3 is 0 Å². The fourth-order valence-electron chi connectivity index (χ4n) is 3.03. The molecular weight excluding hydrogens is 480 g/mol. The third kappa shape index (κ3) is 5.57. The van der Waals surface area contributed by atoms with Crippen LogP contribution in [0.25, 0.3) is 10.6 Å². The highest BCUT2D eigenvalue weighted by molar-refractivity contribution is 7.20. The van der Waals surface area contributed by atoms with Crippen LogP contribution in [0.1, 0.15) is 21.6 Å². The van der Waals surface area contributed by atoms with Crippen molar-refractivity contribution in [3.05, 3.63) is 75.8 Å².